The maximum absolute atomic E-state index is 12.0. The highest BCUT2D eigenvalue weighted by Gasteiger charge is 2.23. The molecule has 24 heavy (non-hydrogen) atoms. The van der Waals surface area contributed by atoms with Gasteiger partial charge in [0.05, 0.1) is 0 Å². The first kappa shape index (κ1) is 18.0. The van der Waals surface area contributed by atoms with Crippen LogP contribution in [0.25, 0.3) is 11.5 Å². The molecule has 0 aliphatic rings. The van der Waals surface area contributed by atoms with E-state index in [-0.39, 0.29) is 12.0 Å². The van der Waals surface area contributed by atoms with Gasteiger partial charge in [-0.25, -0.2) is 4.79 Å². The monoisotopic (exact) mass is 331 g/mol. The molecule has 0 saturated carbocycles. The predicted molar refractivity (Wildman–Crippen MR) is 91.4 cm³/mol. The third kappa shape index (κ3) is 5.37. The number of ether oxygens (including phenoxy) is 1. The highest BCUT2D eigenvalue weighted by atomic mass is 16.6. The van der Waals surface area contributed by atoms with E-state index in [4.69, 9.17) is 9.15 Å². The number of nitrogens with zero attached hydrogens (tertiary/aromatic N) is 2. The summed E-state index contributed by atoms with van der Waals surface area (Å²) in [6, 6.07) is 9.44. The van der Waals surface area contributed by atoms with Crippen LogP contribution >= 0.6 is 0 Å². The highest BCUT2D eigenvalue weighted by Crippen LogP contribution is 2.19. The van der Waals surface area contributed by atoms with Gasteiger partial charge in [-0.1, -0.05) is 32.0 Å². The van der Waals surface area contributed by atoms with Crippen LogP contribution in [0.2, 0.25) is 0 Å². The minimum absolute atomic E-state index is 0.149. The fourth-order valence-electron chi connectivity index (χ4n) is 2.13. The molecule has 6 nitrogen and oxygen atoms in total. The van der Waals surface area contributed by atoms with E-state index in [1.54, 1.807) is 0 Å². The van der Waals surface area contributed by atoms with Crippen molar-refractivity contribution in [2.24, 2.45) is 5.92 Å². The van der Waals surface area contributed by atoms with Gasteiger partial charge in [0.2, 0.25) is 11.8 Å². The van der Waals surface area contributed by atoms with E-state index in [0.717, 1.165) is 5.56 Å². The normalized spacial score (nSPS) is 12.9. The maximum Gasteiger partial charge on any atom is 0.407 e. The molecule has 0 aliphatic carbocycles. The van der Waals surface area contributed by atoms with Crippen molar-refractivity contribution in [3.8, 4) is 11.5 Å². The fourth-order valence-corrected chi connectivity index (χ4v) is 2.13. The van der Waals surface area contributed by atoms with E-state index in [1.165, 1.54) is 0 Å². The zero-order valence-corrected chi connectivity index (χ0v) is 14.9. The van der Waals surface area contributed by atoms with Crippen LogP contribution in [0, 0.1) is 5.92 Å². The van der Waals surface area contributed by atoms with Crippen LogP contribution in [0.3, 0.4) is 0 Å². The Morgan fingerprint density at radius 2 is 1.88 bits per heavy atom. The maximum atomic E-state index is 12.0. The van der Waals surface area contributed by atoms with E-state index in [1.807, 2.05) is 65.0 Å². The SMILES string of the molecule is CC(C)C(Cc1nnc(-c2ccccc2)o1)NC(=O)OC(C)(C)C. The molecule has 0 bridgehead atoms. The van der Waals surface area contributed by atoms with E-state index >= 15 is 0 Å². The first-order valence-corrected chi connectivity index (χ1v) is 8.12. The van der Waals surface area contributed by atoms with E-state index < -0.39 is 11.7 Å². The number of amides is 1. The Morgan fingerprint density at radius 1 is 1.21 bits per heavy atom. The van der Waals surface area contributed by atoms with Crippen LogP contribution in [0.15, 0.2) is 34.7 Å². The Hall–Kier alpha value is -2.37. The summed E-state index contributed by atoms with van der Waals surface area (Å²) in [6.07, 6.45) is 0.0144. The first-order chi connectivity index (χ1) is 11.2. The quantitative estimate of drug-likeness (QED) is 0.901. The second-order valence-electron chi connectivity index (χ2n) is 7.07. The zero-order chi connectivity index (χ0) is 17.7. The molecule has 130 valence electrons. The molecule has 1 aromatic heterocycles. The summed E-state index contributed by atoms with van der Waals surface area (Å²) < 4.78 is 11.0. The molecule has 1 N–H and O–H groups in total. The van der Waals surface area contributed by atoms with Crippen molar-refractivity contribution in [2.75, 3.05) is 0 Å². The minimum Gasteiger partial charge on any atom is -0.444 e. The number of carbonyl (C=O) groups excluding carboxylic acids is 1. The summed E-state index contributed by atoms with van der Waals surface area (Å²) in [5.74, 6) is 1.17. The molecule has 1 heterocycles. The van der Waals surface area contributed by atoms with Crippen molar-refractivity contribution in [1.29, 1.82) is 0 Å². The number of aromatic nitrogens is 2. The van der Waals surface area contributed by atoms with Crippen LogP contribution in [0.4, 0.5) is 4.79 Å². The third-order valence-corrected chi connectivity index (χ3v) is 3.39. The van der Waals surface area contributed by atoms with E-state index in [2.05, 4.69) is 15.5 Å². The Morgan fingerprint density at radius 3 is 2.46 bits per heavy atom. The molecule has 1 aromatic carbocycles. The molecule has 6 heteroatoms. The largest absolute Gasteiger partial charge is 0.444 e. The molecule has 1 amide bonds. The van der Waals surface area contributed by atoms with Crippen molar-refractivity contribution < 1.29 is 13.9 Å². The number of nitrogens with one attached hydrogen (secondary N) is 1. The fraction of sp³-hybridized carbons (Fsp3) is 0.500. The van der Waals surface area contributed by atoms with E-state index in [9.17, 15) is 4.79 Å². The second kappa shape index (κ2) is 7.47. The second-order valence-corrected chi connectivity index (χ2v) is 7.07. The van der Waals surface area contributed by atoms with Crippen molar-refractivity contribution >= 4 is 6.09 Å². The highest BCUT2D eigenvalue weighted by molar-refractivity contribution is 5.68. The van der Waals surface area contributed by atoms with Gasteiger partial charge >= 0.3 is 6.09 Å². The number of alkyl carbamates (subject to hydrolysis) is 1. The lowest BCUT2D eigenvalue weighted by Gasteiger charge is -2.25. The molecule has 0 spiro atoms. The molecule has 0 saturated heterocycles. The van der Waals surface area contributed by atoms with E-state index in [0.29, 0.717) is 18.2 Å². The van der Waals surface area contributed by atoms with Crippen molar-refractivity contribution in [3.63, 3.8) is 0 Å². The Bertz CT molecular complexity index is 660. The summed E-state index contributed by atoms with van der Waals surface area (Å²) in [7, 11) is 0. The van der Waals surface area contributed by atoms with Crippen molar-refractivity contribution in [1.82, 2.24) is 15.5 Å². The number of carbonyl (C=O) groups is 1. The van der Waals surface area contributed by atoms with Gasteiger partial charge in [-0.3, -0.25) is 0 Å². The van der Waals surface area contributed by atoms with Crippen molar-refractivity contribution in [2.45, 2.75) is 52.7 Å². The van der Waals surface area contributed by atoms with Crippen LogP contribution in [0.5, 0.6) is 0 Å². The average Bonchev–Trinajstić information content (AvgIpc) is 2.94. The molecule has 2 aromatic rings. The molecule has 0 radical (unpaired) electrons. The molecule has 0 fully saturated rings. The molecule has 1 unspecified atom stereocenters. The zero-order valence-electron chi connectivity index (χ0n) is 14.9. The van der Waals surface area contributed by atoms with Crippen LogP contribution in [-0.2, 0) is 11.2 Å². The lowest BCUT2D eigenvalue weighted by molar-refractivity contribution is 0.0488. The number of benzene rings is 1. The summed E-state index contributed by atoms with van der Waals surface area (Å²) in [5, 5.41) is 11.0. The number of hydrogen-bond acceptors (Lipinski definition) is 5. The van der Waals surface area contributed by atoms with Gasteiger partial charge in [-0.15, -0.1) is 10.2 Å². The summed E-state index contributed by atoms with van der Waals surface area (Å²) in [4.78, 5) is 12.0. The van der Waals surface area contributed by atoms with Gasteiger partial charge in [-0.05, 0) is 38.8 Å². The molecule has 2 rings (SSSR count). The predicted octanol–water partition coefficient (Wildman–Crippen LogP) is 3.83. The first-order valence-electron chi connectivity index (χ1n) is 8.12. The molecular weight excluding hydrogens is 306 g/mol. The van der Waals surface area contributed by atoms with Crippen LogP contribution in [0.1, 0.15) is 40.5 Å². The minimum atomic E-state index is -0.531. The number of rotatable bonds is 5. The average molecular weight is 331 g/mol. The van der Waals surface area contributed by atoms with Gasteiger partial charge in [0.15, 0.2) is 0 Å². The van der Waals surface area contributed by atoms with Crippen LogP contribution < -0.4 is 5.32 Å². The lowest BCUT2D eigenvalue weighted by Crippen LogP contribution is -2.43. The number of hydrogen-bond donors (Lipinski definition) is 1. The summed E-state index contributed by atoms with van der Waals surface area (Å²) in [5.41, 5.74) is 0.341. The summed E-state index contributed by atoms with van der Waals surface area (Å²) >= 11 is 0. The molecule has 1 atom stereocenters. The third-order valence-electron chi connectivity index (χ3n) is 3.39. The van der Waals surface area contributed by atoms with Gasteiger partial charge in [-0.2, -0.15) is 0 Å². The summed E-state index contributed by atoms with van der Waals surface area (Å²) in [6.45, 7) is 9.55. The van der Waals surface area contributed by atoms with Gasteiger partial charge in [0.1, 0.15) is 5.60 Å². The Labute approximate surface area is 142 Å². The van der Waals surface area contributed by atoms with Crippen LogP contribution in [-0.4, -0.2) is 27.9 Å². The van der Waals surface area contributed by atoms with Gasteiger partial charge in [0, 0.05) is 18.0 Å². The lowest BCUT2D eigenvalue weighted by atomic mass is 10.0. The topological polar surface area (TPSA) is 77.3 Å². The Balaban J connectivity index is 2.03. The Kier molecular flexibility index (Phi) is 5.59. The molecular formula is C18H25N3O3. The van der Waals surface area contributed by atoms with Crippen molar-refractivity contribution in [3.05, 3.63) is 36.2 Å². The van der Waals surface area contributed by atoms with Gasteiger partial charge in [0.25, 0.3) is 0 Å². The standard InChI is InChI=1S/C18H25N3O3/c1-12(2)14(19-17(22)24-18(3,4)5)11-15-20-21-16(23-15)13-9-7-6-8-10-13/h6-10,12,14H,11H2,1-5H3,(H,19,22). The molecule has 0 aliphatic heterocycles. The van der Waals surface area contributed by atoms with Gasteiger partial charge < -0.3 is 14.5 Å². The smallest absolute Gasteiger partial charge is 0.407 e.